The smallest absolute Gasteiger partial charge is 0.253 e. The molecule has 132 valence electrons. The highest BCUT2D eigenvalue weighted by Crippen LogP contribution is 2.39. The average Bonchev–Trinajstić information content (AvgIpc) is 3.13. The number of rotatable bonds is 5. The van der Waals surface area contributed by atoms with E-state index in [1.807, 2.05) is 26.0 Å². The van der Waals surface area contributed by atoms with Gasteiger partial charge in [-0.3, -0.25) is 14.9 Å². The summed E-state index contributed by atoms with van der Waals surface area (Å²) in [5.41, 5.74) is 2.27. The molecule has 1 amide bonds. The van der Waals surface area contributed by atoms with Crippen molar-refractivity contribution in [3.05, 3.63) is 40.7 Å². The van der Waals surface area contributed by atoms with Gasteiger partial charge in [-0.1, -0.05) is 0 Å². The topological polar surface area (TPSA) is 92.8 Å². The van der Waals surface area contributed by atoms with Gasteiger partial charge in [0.1, 0.15) is 6.10 Å². The minimum Gasteiger partial charge on any atom is -0.365 e. The summed E-state index contributed by atoms with van der Waals surface area (Å²) in [4.78, 5) is 21.2. The van der Waals surface area contributed by atoms with Crippen LogP contribution in [0.25, 0.3) is 0 Å². The Kier molecular flexibility index (Phi) is 4.25. The maximum atomic E-state index is 12.3. The molecule has 1 saturated heterocycles. The monoisotopic (exact) mass is 341 g/mol. The Bertz CT molecular complexity index is 784. The minimum absolute atomic E-state index is 0.00198. The van der Waals surface area contributed by atoms with E-state index in [2.05, 4.69) is 25.5 Å². The average molecular weight is 341 g/mol. The molecule has 2 atom stereocenters. The van der Waals surface area contributed by atoms with Gasteiger partial charge in [0, 0.05) is 18.2 Å². The zero-order chi connectivity index (χ0) is 17.4. The lowest BCUT2D eigenvalue weighted by Crippen LogP contribution is -2.32. The first-order valence-corrected chi connectivity index (χ1v) is 8.90. The van der Waals surface area contributed by atoms with E-state index in [1.165, 1.54) is 12.8 Å². The summed E-state index contributed by atoms with van der Waals surface area (Å²) >= 11 is 0. The van der Waals surface area contributed by atoms with Crippen LogP contribution in [0.2, 0.25) is 0 Å². The standard InChI is InChI=1S/C18H23N5O2/c1-10-3-7-14(11(2)20-10)18(24)19-9-13-6-8-15(25-13)17-21-16(22-23-17)12-4-5-12/h3,7,12-13,15H,4-6,8-9H2,1-2H3,(H,19,24)(H,21,22,23)/t13-,15+/m1/s1. The van der Waals surface area contributed by atoms with Gasteiger partial charge >= 0.3 is 0 Å². The highest BCUT2D eigenvalue weighted by molar-refractivity contribution is 5.95. The van der Waals surface area contributed by atoms with Gasteiger partial charge in [0.15, 0.2) is 11.6 Å². The number of hydrogen-bond donors (Lipinski definition) is 2. The van der Waals surface area contributed by atoms with Crippen molar-refractivity contribution in [1.82, 2.24) is 25.5 Å². The molecule has 7 nitrogen and oxygen atoms in total. The Morgan fingerprint density at radius 3 is 2.84 bits per heavy atom. The van der Waals surface area contributed by atoms with Crippen LogP contribution in [0.1, 0.15) is 71.1 Å². The number of hydrogen-bond acceptors (Lipinski definition) is 5. The Morgan fingerprint density at radius 1 is 1.24 bits per heavy atom. The molecule has 1 aliphatic carbocycles. The van der Waals surface area contributed by atoms with E-state index in [0.29, 0.717) is 18.0 Å². The van der Waals surface area contributed by atoms with Crippen LogP contribution in [0.4, 0.5) is 0 Å². The van der Waals surface area contributed by atoms with Crippen molar-refractivity contribution in [1.29, 1.82) is 0 Å². The normalized spacial score (nSPS) is 23.0. The lowest BCUT2D eigenvalue weighted by molar-refractivity contribution is 0.0392. The number of amides is 1. The van der Waals surface area contributed by atoms with E-state index in [4.69, 9.17) is 4.74 Å². The maximum Gasteiger partial charge on any atom is 0.253 e. The predicted molar refractivity (Wildman–Crippen MR) is 91.2 cm³/mol. The fourth-order valence-corrected chi connectivity index (χ4v) is 3.24. The third-order valence-corrected chi connectivity index (χ3v) is 4.83. The number of pyridine rings is 1. The lowest BCUT2D eigenvalue weighted by atomic mass is 10.1. The number of H-pyrrole nitrogens is 1. The zero-order valence-corrected chi connectivity index (χ0v) is 14.6. The molecule has 3 heterocycles. The van der Waals surface area contributed by atoms with Crippen LogP contribution in [0.5, 0.6) is 0 Å². The first-order valence-electron chi connectivity index (χ1n) is 8.90. The molecule has 2 aromatic rings. The van der Waals surface area contributed by atoms with Gasteiger partial charge in [0.25, 0.3) is 5.91 Å². The van der Waals surface area contributed by atoms with E-state index in [9.17, 15) is 4.79 Å². The number of aromatic amines is 1. The van der Waals surface area contributed by atoms with E-state index in [-0.39, 0.29) is 18.1 Å². The van der Waals surface area contributed by atoms with Gasteiger partial charge in [-0.2, -0.15) is 5.10 Å². The van der Waals surface area contributed by atoms with Crippen LogP contribution in [-0.2, 0) is 4.74 Å². The van der Waals surface area contributed by atoms with Crippen LogP contribution in [-0.4, -0.2) is 38.7 Å². The van der Waals surface area contributed by atoms with Gasteiger partial charge in [-0.05, 0) is 51.7 Å². The molecule has 7 heteroatoms. The van der Waals surface area contributed by atoms with Crippen molar-refractivity contribution in [2.75, 3.05) is 6.54 Å². The Morgan fingerprint density at radius 2 is 2.08 bits per heavy atom. The van der Waals surface area contributed by atoms with Crippen molar-refractivity contribution in [3.8, 4) is 0 Å². The molecular weight excluding hydrogens is 318 g/mol. The van der Waals surface area contributed by atoms with Crippen LogP contribution in [0, 0.1) is 13.8 Å². The number of nitrogens with one attached hydrogen (secondary N) is 2. The highest BCUT2D eigenvalue weighted by atomic mass is 16.5. The van der Waals surface area contributed by atoms with E-state index < -0.39 is 0 Å². The van der Waals surface area contributed by atoms with Crippen LogP contribution in [0.3, 0.4) is 0 Å². The molecule has 4 rings (SSSR count). The molecule has 0 unspecified atom stereocenters. The summed E-state index contributed by atoms with van der Waals surface area (Å²) < 4.78 is 6.03. The molecule has 2 aromatic heterocycles. The minimum atomic E-state index is -0.104. The number of carbonyl (C=O) groups is 1. The summed E-state index contributed by atoms with van der Waals surface area (Å²) in [6, 6.07) is 3.67. The second-order valence-corrected chi connectivity index (χ2v) is 6.97. The third-order valence-electron chi connectivity index (χ3n) is 4.83. The maximum absolute atomic E-state index is 12.3. The van der Waals surface area contributed by atoms with Crippen LogP contribution < -0.4 is 5.32 Å². The predicted octanol–water partition coefficient (Wildman–Crippen LogP) is 2.34. The molecule has 0 aromatic carbocycles. The van der Waals surface area contributed by atoms with E-state index >= 15 is 0 Å². The number of nitrogens with zero attached hydrogens (tertiary/aromatic N) is 3. The summed E-state index contributed by atoms with van der Waals surface area (Å²) in [6.07, 6.45) is 4.11. The van der Waals surface area contributed by atoms with E-state index in [1.54, 1.807) is 0 Å². The first-order chi connectivity index (χ1) is 12.1. The number of carbonyl (C=O) groups excluding carboxylic acids is 1. The Labute approximate surface area is 146 Å². The Hall–Kier alpha value is -2.28. The highest BCUT2D eigenvalue weighted by Gasteiger charge is 2.32. The van der Waals surface area contributed by atoms with Crippen molar-refractivity contribution >= 4 is 5.91 Å². The fourth-order valence-electron chi connectivity index (χ4n) is 3.24. The SMILES string of the molecule is Cc1ccc(C(=O)NC[C@H]2CC[C@@H](c3nc(C4CC4)n[nH]3)O2)c(C)n1. The molecular formula is C18H23N5O2. The van der Waals surface area contributed by atoms with Gasteiger partial charge in [0.2, 0.25) is 0 Å². The number of ether oxygens (including phenoxy) is 1. The van der Waals surface area contributed by atoms with Gasteiger partial charge < -0.3 is 10.1 Å². The summed E-state index contributed by atoms with van der Waals surface area (Å²) in [5.74, 6) is 2.16. The second-order valence-electron chi connectivity index (χ2n) is 6.97. The molecule has 2 N–H and O–H groups in total. The van der Waals surface area contributed by atoms with Crippen molar-refractivity contribution < 1.29 is 9.53 Å². The molecule has 1 aliphatic heterocycles. The fraction of sp³-hybridized carbons (Fsp3) is 0.556. The van der Waals surface area contributed by atoms with Gasteiger partial charge in [-0.25, -0.2) is 4.98 Å². The molecule has 2 fully saturated rings. The molecule has 0 bridgehead atoms. The van der Waals surface area contributed by atoms with Crippen LogP contribution in [0.15, 0.2) is 12.1 Å². The quantitative estimate of drug-likeness (QED) is 0.871. The number of aryl methyl sites for hydroxylation is 2. The van der Waals surface area contributed by atoms with Crippen molar-refractivity contribution in [3.63, 3.8) is 0 Å². The van der Waals surface area contributed by atoms with Crippen LogP contribution >= 0.6 is 0 Å². The zero-order valence-electron chi connectivity index (χ0n) is 14.6. The van der Waals surface area contributed by atoms with E-state index in [0.717, 1.165) is 35.9 Å². The van der Waals surface area contributed by atoms with Gasteiger partial charge in [-0.15, -0.1) is 0 Å². The number of aromatic nitrogens is 4. The lowest BCUT2D eigenvalue weighted by Gasteiger charge is -2.13. The second kappa shape index (κ2) is 6.55. The molecule has 0 spiro atoms. The Balaban J connectivity index is 1.30. The summed E-state index contributed by atoms with van der Waals surface area (Å²) in [5, 5.41) is 10.3. The molecule has 2 aliphatic rings. The first kappa shape index (κ1) is 16.2. The van der Waals surface area contributed by atoms with Crippen molar-refractivity contribution in [2.45, 2.75) is 57.7 Å². The summed E-state index contributed by atoms with van der Waals surface area (Å²) in [6.45, 7) is 4.26. The largest absolute Gasteiger partial charge is 0.365 e. The molecule has 1 saturated carbocycles. The van der Waals surface area contributed by atoms with Gasteiger partial charge in [0.05, 0.1) is 17.4 Å². The van der Waals surface area contributed by atoms with Crippen molar-refractivity contribution in [2.24, 2.45) is 0 Å². The molecule has 0 radical (unpaired) electrons. The summed E-state index contributed by atoms with van der Waals surface area (Å²) in [7, 11) is 0. The third kappa shape index (κ3) is 3.56. The molecule has 25 heavy (non-hydrogen) atoms.